The standard InChI is InChI=1S/C17H27BrN4O/c1-5-19-17(21-11-10-20-16(23)12(2)3)22-13(4)14-8-6-7-9-15(14)18/h6-9,12-13H,5,10-11H2,1-4H3,(H,20,23)(H2,19,21,22). The van der Waals surface area contributed by atoms with Crippen molar-refractivity contribution in [3.63, 3.8) is 0 Å². The summed E-state index contributed by atoms with van der Waals surface area (Å²) in [6.07, 6.45) is 0. The molecule has 1 amide bonds. The Morgan fingerprint density at radius 2 is 1.91 bits per heavy atom. The van der Waals surface area contributed by atoms with Gasteiger partial charge in [0.1, 0.15) is 0 Å². The molecule has 1 unspecified atom stereocenters. The van der Waals surface area contributed by atoms with E-state index in [1.807, 2.05) is 39.0 Å². The van der Waals surface area contributed by atoms with Crippen molar-refractivity contribution in [2.45, 2.75) is 33.7 Å². The zero-order valence-corrected chi connectivity index (χ0v) is 15.9. The quantitative estimate of drug-likeness (QED) is 0.385. The van der Waals surface area contributed by atoms with Gasteiger partial charge in [-0.1, -0.05) is 48.0 Å². The van der Waals surface area contributed by atoms with Crippen LogP contribution in [0.2, 0.25) is 0 Å². The number of hydrogen-bond acceptors (Lipinski definition) is 2. The molecule has 1 aromatic rings. The highest BCUT2D eigenvalue weighted by atomic mass is 79.9. The van der Waals surface area contributed by atoms with Gasteiger partial charge in [-0.25, -0.2) is 0 Å². The third kappa shape index (κ3) is 7.03. The molecule has 3 N–H and O–H groups in total. The Kier molecular flexibility index (Phi) is 8.69. The van der Waals surface area contributed by atoms with E-state index in [1.165, 1.54) is 5.56 Å². The monoisotopic (exact) mass is 382 g/mol. The predicted molar refractivity (Wildman–Crippen MR) is 99.5 cm³/mol. The van der Waals surface area contributed by atoms with Gasteiger partial charge in [-0.2, -0.15) is 0 Å². The molecule has 0 aliphatic carbocycles. The summed E-state index contributed by atoms with van der Waals surface area (Å²) < 4.78 is 1.07. The van der Waals surface area contributed by atoms with Crippen molar-refractivity contribution >= 4 is 27.8 Å². The largest absolute Gasteiger partial charge is 0.357 e. The smallest absolute Gasteiger partial charge is 0.222 e. The second-order valence-electron chi connectivity index (χ2n) is 5.59. The van der Waals surface area contributed by atoms with E-state index in [0.29, 0.717) is 13.1 Å². The first-order valence-corrected chi connectivity index (χ1v) is 8.82. The highest BCUT2D eigenvalue weighted by Gasteiger charge is 2.10. The molecule has 1 aromatic carbocycles. The van der Waals surface area contributed by atoms with Gasteiger partial charge in [0.15, 0.2) is 5.96 Å². The zero-order chi connectivity index (χ0) is 17.2. The number of hydrogen-bond donors (Lipinski definition) is 3. The molecule has 0 aliphatic rings. The van der Waals surface area contributed by atoms with Crippen molar-refractivity contribution in [2.24, 2.45) is 10.9 Å². The minimum Gasteiger partial charge on any atom is -0.357 e. The zero-order valence-electron chi connectivity index (χ0n) is 14.3. The molecule has 0 aromatic heterocycles. The second kappa shape index (κ2) is 10.3. The number of halogens is 1. The Bertz CT molecular complexity index is 531. The minimum atomic E-state index is 0.000736. The number of nitrogens with zero attached hydrogens (tertiary/aromatic N) is 1. The van der Waals surface area contributed by atoms with Crippen molar-refractivity contribution in [3.8, 4) is 0 Å². The topological polar surface area (TPSA) is 65.5 Å². The van der Waals surface area contributed by atoms with Gasteiger partial charge in [-0.15, -0.1) is 0 Å². The normalized spacial score (nSPS) is 12.9. The number of benzene rings is 1. The molecule has 0 aliphatic heterocycles. The van der Waals surface area contributed by atoms with Crippen LogP contribution >= 0.6 is 15.9 Å². The van der Waals surface area contributed by atoms with E-state index in [9.17, 15) is 4.79 Å². The van der Waals surface area contributed by atoms with E-state index >= 15 is 0 Å². The summed E-state index contributed by atoms with van der Waals surface area (Å²) in [5.41, 5.74) is 1.17. The van der Waals surface area contributed by atoms with Gasteiger partial charge in [0.25, 0.3) is 0 Å². The summed E-state index contributed by atoms with van der Waals surface area (Å²) in [6, 6.07) is 8.24. The van der Waals surface area contributed by atoms with Gasteiger partial charge in [-0.3, -0.25) is 9.79 Å². The van der Waals surface area contributed by atoms with E-state index in [0.717, 1.165) is 17.0 Å². The Hall–Kier alpha value is -1.56. The van der Waals surface area contributed by atoms with Crippen LogP contribution in [-0.4, -0.2) is 31.5 Å². The molecule has 0 saturated carbocycles. The number of carbonyl (C=O) groups is 1. The van der Waals surface area contributed by atoms with Gasteiger partial charge >= 0.3 is 0 Å². The SMILES string of the molecule is CCNC(=NCCNC(=O)C(C)C)NC(C)c1ccccc1Br. The van der Waals surface area contributed by atoms with Crippen molar-refractivity contribution in [3.05, 3.63) is 34.3 Å². The average Bonchev–Trinajstić information content (AvgIpc) is 2.51. The van der Waals surface area contributed by atoms with E-state index in [1.54, 1.807) is 0 Å². The molecule has 1 atom stereocenters. The summed E-state index contributed by atoms with van der Waals surface area (Å²) in [5, 5.41) is 9.47. The van der Waals surface area contributed by atoms with Crippen LogP contribution in [0.25, 0.3) is 0 Å². The third-order valence-corrected chi connectivity index (χ3v) is 4.00. The molecule has 128 valence electrons. The Morgan fingerprint density at radius 1 is 1.22 bits per heavy atom. The van der Waals surface area contributed by atoms with Crippen LogP contribution in [0.4, 0.5) is 0 Å². The van der Waals surface area contributed by atoms with Gasteiger partial charge < -0.3 is 16.0 Å². The van der Waals surface area contributed by atoms with Crippen molar-refractivity contribution in [1.29, 1.82) is 0 Å². The molecule has 1 rings (SSSR count). The lowest BCUT2D eigenvalue weighted by molar-refractivity contribution is -0.123. The van der Waals surface area contributed by atoms with Crippen LogP contribution in [0.15, 0.2) is 33.7 Å². The molecule has 0 radical (unpaired) electrons. The fourth-order valence-electron chi connectivity index (χ4n) is 1.98. The summed E-state index contributed by atoms with van der Waals surface area (Å²) >= 11 is 3.57. The fourth-order valence-corrected chi connectivity index (χ4v) is 2.61. The maximum absolute atomic E-state index is 11.5. The number of guanidine groups is 1. The lowest BCUT2D eigenvalue weighted by atomic mass is 10.1. The van der Waals surface area contributed by atoms with Crippen LogP contribution in [0, 0.1) is 5.92 Å². The van der Waals surface area contributed by atoms with E-state index in [-0.39, 0.29) is 17.9 Å². The molecule has 0 fully saturated rings. The van der Waals surface area contributed by atoms with Crippen LogP contribution in [0.3, 0.4) is 0 Å². The second-order valence-corrected chi connectivity index (χ2v) is 6.45. The van der Waals surface area contributed by atoms with Crippen LogP contribution in [0.1, 0.15) is 39.3 Å². The number of rotatable bonds is 7. The Morgan fingerprint density at radius 3 is 2.52 bits per heavy atom. The maximum atomic E-state index is 11.5. The molecule has 23 heavy (non-hydrogen) atoms. The lowest BCUT2D eigenvalue weighted by Gasteiger charge is -2.19. The first-order chi connectivity index (χ1) is 11.0. The number of aliphatic imine (C=N–C) groups is 1. The number of carbonyl (C=O) groups excluding carboxylic acids is 1. The van der Waals surface area contributed by atoms with Gasteiger partial charge in [0, 0.05) is 23.5 Å². The first-order valence-electron chi connectivity index (χ1n) is 8.02. The summed E-state index contributed by atoms with van der Waals surface area (Å²) in [6.45, 7) is 9.74. The highest BCUT2D eigenvalue weighted by molar-refractivity contribution is 9.10. The average molecular weight is 383 g/mol. The minimum absolute atomic E-state index is 0.000736. The molecule has 0 bridgehead atoms. The number of nitrogens with one attached hydrogen (secondary N) is 3. The van der Waals surface area contributed by atoms with Crippen molar-refractivity contribution < 1.29 is 4.79 Å². The molecule has 0 heterocycles. The van der Waals surface area contributed by atoms with Crippen molar-refractivity contribution in [2.75, 3.05) is 19.6 Å². The Balaban J connectivity index is 2.58. The van der Waals surface area contributed by atoms with Gasteiger partial charge in [-0.05, 0) is 25.5 Å². The molecular weight excluding hydrogens is 356 g/mol. The summed E-state index contributed by atoms with van der Waals surface area (Å²) in [7, 11) is 0. The van der Waals surface area contributed by atoms with E-state index < -0.39 is 0 Å². The molecule has 6 heteroatoms. The highest BCUT2D eigenvalue weighted by Crippen LogP contribution is 2.22. The number of amides is 1. The maximum Gasteiger partial charge on any atom is 0.222 e. The molecule has 0 saturated heterocycles. The molecular formula is C17H27BrN4O. The molecule has 0 spiro atoms. The van der Waals surface area contributed by atoms with Gasteiger partial charge in [0.2, 0.25) is 5.91 Å². The first kappa shape index (κ1) is 19.5. The summed E-state index contributed by atoms with van der Waals surface area (Å²) in [5.74, 6) is 0.801. The fraction of sp³-hybridized carbons (Fsp3) is 0.529. The predicted octanol–water partition coefficient (Wildman–Crippen LogP) is 2.84. The summed E-state index contributed by atoms with van der Waals surface area (Å²) in [4.78, 5) is 16.0. The van der Waals surface area contributed by atoms with Crippen LogP contribution < -0.4 is 16.0 Å². The van der Waals surface area contributed by atoms with Crippen LogP contribution in [0.5, 0.6) is 0 Å². The van der Waals surface area contributed by atoms with Gasteiger partial charge in [0.05, 0.1) is 12.6 Å². The molecule has 5 nitrogen and oxygen atoms in total. The van der Waals surface area contributed by atoms with Crippen LogP contribution in [-0.2, 0) is 4.79 Å². The third-order valence-electron chi connectivity index (χ3n) is 3.27. The lowest BCUT2D eigenvalue weighted by Crippen LogP contribution is -2.39. The van der Waals surface area contributed by atoms with E-state index in [4.69, 9.17) is 0 Å². The van der Waals surface area contributed by atoms with Crippen molar-refractivity contribution in [1.82, 2.24) is 16.0 Å². The van der Waals surface area contributed by atoms with E-state index in [2.05, 4.69) is 49.9 Å². The Labute approximate surface area is 147 Å².